The summed E-state index contributed by atoms with van der Waals surface area (Å²) in [4.78, 5) is 28.2. The fourth-order valence-corrected chi connectivity index (χ4v) is 5.04. The molecule has 146 valence electrons. The van der Waals surface area contributed by atoms with Crippen LogP contribution in [0.5, 0.6) is 0 Å². The molecule has 1 heterocycles. The molecule has 5 heteroatoms. The predicted molar refractivity (Wildman–Crippen MR) is 104 cm³/mol. The minimum absolute atomic E-state index is 0.0434. The van der Waals surface area contributed by atoms with Crippen LogP contribution in [0, 0.1) is 11.8 Å². The van der Waals surface area contributed by atoms with Crippen molar-refractivity contribution in [2.75, 3.05) is 11.4 Å². The van der Waals surface area contributed by atoms with Gasteiger partial charge in [0.1, 0.15) is 0 Å². The quantitative estimate of drug-likeness (QED) is 0.860. The van der Waals surface area contributed by atoms with Gasteiger partial charge in [-0.1, -0.05) is 31.0 Å². The second-order valence-corrected chi connectivity index (χ2v) is 8.38. The summed E-state index contributed by atoms with van der Waals surface area (Å²) in [5.74, 6) is -0.259. The van der Waals surface area contributed by atoms with Crippen molar-refractivity contribution in [3.63, 3.8) is 0 Å². The summed E-state index contributed by atoms with van der Waals surface area (Å²) in [5.41, 5.74) is 2.25. The first-order valence-electron chi connectivity index (χ1n) is 10.5. The van der Waals surface area contributed by atoms with E-state index >= 15 is 0 Å². The van der Waals surface area contributed by atoms with Crippen LogP contribution >= 0.6 is 0 Å². The Morgan fingerprint density at radius 1 is 0.963 bits per heavy atom. The molecule has 27 heavy (non-hydrogen) atoms. The van der Waals surface area contributed by atoms with E-state index in [0.717, 1.165) is 70.0 Å². The van der Waals surface area contributed by atoms with Gasteiger partial charge in [-0.25, -0.2) is 0 Å². The molecule has 2 fully saturated rings. The molecular weight excluding hydrogens is 340 g/mol. The highest BCUT2D eigenvalue weighted by Crippen LogP contribution is 2.36. The average Bonchev–Trinajstić information content (AvgIpc) is 3.13. The number of aliphatic hydroxyl groups is 1. The maximum absolute atomic E-state index is 13.3. The molecule has 1 aliphatic heterocycles. The molecule has 1 aromatic rings. The van der Waals surface area contributed by atoms with Crippen molar-refractivity contribution in [2.45, 2.75) is 69.9 Å². The van der Waals surface area contributed by atoms with E-state index in [1.807, 2.05) is 23.1 Å². The van der Waals surface area contributed by atoms with Crippen molar-refractivity contribution in [3.05, 3.63) is 29.8 Å². The molecule has 0 radical (unpaired) electrons. The summed E-state index contributed by atoms with van der Waals surface area (Å²) in [6, 6.07) is 8.25. The van der Waals surface area contributed by atoms with Gasteiger partial charge in [0.25, 0.3) is 0 Å². The molecule has 2 aliphatic carbocycles. The van der Waals surface area contributed by atoms with E-state index in [4.69, 9.17) is 0 Å². The van der Waals surface area contributed by atoms with Crippen molar-refractivity contribution in [1.82, 2.24) is 5.32 Å². The number of carbonyl (C=O) groups excluding carboxylic acids is 2. The monoisotopic (exact) mass is 370 g/mol. The molecule has 0 saturated heterocycles. The number of aliphatic hydroxyl groups excluding tert-OH is 1. The lowest BCUT2D eigenvalue weighted by Crippen LogP contribution is -2.48. The third-order valence-corrected chi connectivity index (χ3v) is 6.62. The van der Waals surface area contributed by atoms with Crippen LogP contribution in [0.3, 0.4) is 0 Å². The van der Waals surface area contributed by atoms with Crippen LogP contribution in [0.25, 0.3) is 0 Å². The molecule has 1 aromatic carbocycles. The number of hydrogen-bond acceptors (Lipinski definition) is 3. The summed E-state index contributed by atoms with van der Waals surface area (Å²) in [5, 5.41) is 12.8. The van der Waals surface area contributed by atoms with Crippen molar-refractivity contribution < 1.29 is 14.7 Å². The Kier molecular flexibility index (Phi) is 5.48. The van der Waals surface area contributed by atoms with Gasteiger partial charge in [-0.15, -0.1) is 0 Å². The highest BCUT2D eigenvalue weighted by atomic mass is 16.3. The van der Waals surface area contributed by atoms with Crippen LogP contribution in [-0.2, 0) is 16.0 Å². The van der Waals surface area contributed by atoms with Crippen LogP contribution in [0.4, 0.5) is 5.69 Å². The first kappa shape index (κ1) is 18.5. The smallest absolute Gasteiger partial charge is 0.230 e. The van der Waals surface area contributed by atoms with E-state index in [-0.39, 0.29) is 35.8 Å². The van der Waals surface area contributed by atoms with E-state index in [9.17, 15) is 14.7 Å². The average molecular weight is 370 g/mol. The Labute approximate surface area is 161 Å². The molecular formula is C22H30N2O3. The maximum atomic E-state index is 13.3. The molecule has 0 spiro atoms. The van der Waals surface area contributed by atoms with Crippen LogP contribution in [0.2, 0.25) is 0 Å². The van der Waals surface area contributed by atoms with E-state index < -0.39 is 0 Å². The van der Waals surface area contributed by atoms with E-state index in [2.05, 4.69) is 11.4 Å². The molecule has 2 N–H and O–H groups in total. The molecule has 0 bridgehead atoms. The predicted octanol–water partition coefficient (Wildman–Crippen LogP) is 2.80. The van der Waals surface area contributed by atoms with Gasteiger partial charge in [0, 0.05) is 24.2 Å². The largest absolute Gasteiger partial charge is 0.393 e. The Morgan fingerprint density at radius 2 is 1.67 bits per heavy atom. The van der Waals surface area contributed by atoms with Crippen LogP contribution in [0.15, 0.2) is 24.3 Å². The highest BCUT2D eigenvalue weighted by molar-refractivity contribution is 5.99. The van der Waals surface area contributed by atoms with Crippen molar-refractivity contribution >= 4 is 17.5 Å². The van der Waals surface area contributed by atoms with Crippen LogP contribution in [-0.4, -0.2) is 35.6 Å². The summed E-state index contributed by atoms with van der Waals surface area (Å²) in [6.45, 7) is 0.726. The number of carbonyl (C=O) groups is 2. The minimum Gasteiger partial charge on any atom is -0.393 e. The fraction of sp³-hybridized carbons (Fsp3) is 0.636. The lowest BCUT2D eigenvalue weighted by atomic mass is 9.77. The number of para-hydroxylation sites is 1. The molecule has 2 saturated carbocycles. The highest BCUT2D eigenvalue weighted by Gasteiger charge is 2.40. The summed E-state index contributed by atoms with van der Waals surface area (Å²) in [7, 11) is 0. The number of rotatable bonds is 3. The van der Waals surface area contributed by atoms with Crippen LogP contribution in [0.1, 0.15) is 56.9 Å². The van der Waals surface area contributed by atoms with Crippen molar-refractivity contribution in [1.29, 1.82) is 0 Å². The Balaban J connectivity index is 1.44. The van der Waals surface area contributed by atoms with Gasteiger partial charge in [-0.05, 0) is 56.6 Å². The third kappa shape index (κ3) is 3.88. The number of fused-ring (bicyclic) bond motifs is 1. The van der Waals surface area contributed by atoms with Gasteiger partial charge in [-0.3, -0.25) is 9.59 Å². The Hall–Kier alpha value is -1.88. The number of hydrogen-bond donors (Lipinski definition) is 2. The zero-order chi connectivity index (χ0) is 18.8. The first-order chi connectivity index (χ1) is 13.1. The Bertz CT molecular complexity index is 697. The maximum Gasteiger partial charge on any atom is 0.230 e. The lowest BCUT2D eigenvalue weighted by Gasteiger charge is -2.34. The molecule has 3 aliphatic rings. The second-order valence-electron chi connectivity index (χ2n) is 8.38. The van der Waals surface area contributed by atoms with E-state index in [1.165, 1.54) is 5.56 Å². The van der Waals surface area contributed by atoms with Crippen LogP contribution < -0.4 is 10.2 Å². The molecule has 5 nitrogen and oxygen atoms in total. The number of amides is 2. The molecule has 2 amide bonds. The molecule has 4 rings (SSSR count). The van der Waals surface area contributed by atoms with Gasteiger partial charge in [0.15, 0.2) is 0 Å². The topological polar surface area (TPSA) is 69.6 Å². The SMILES string of the molecule is O=C(NC1CCC(O)CC1)[C@@H]1CCCC[C@H]1C(=O)N1CCc2ccccc21. The number of nitrogens with zero attached hydrogens (tertiary/aromatic N) is 1. The summed E-state index contributed by atoms with van der Waals surface area (Å²) in [6.07, 6.45) is 7.48. The van der Waals surface area contributed by atoms with Crippen molar-refractivity contribution in [2.24, 2.45) is 11.8 Å². The standard InChI is InChI=1S/C22H30N2O3/c25-17-11-9-16(10-12-17)23-21(26)18-6-2-3-7-19(18)22(27)24-14-13-15-5-1-4-8-20(15)24/h1,4-5,8,16-19,25H,2-3,6-7,9-14H2,(H,23,26)/t16?,17?,18-,19-/m1/s1. The number of nitrogens with one attached hydrogen (secondary N) is 1. The lowest BCUT2D eigenvalue weighted by molar-refractivity contribution is -0.135. The third-order valence-electron chi connectivity index (χ3n) is 6.62. The van der Waals surface area contributed by atoms with Gasteiger partial charge in [-0.2, -0.15) is 0 Å². The molecule has 0 aromatic heterocycles. The van der Waals surface area contributed by atoms with Gasteiger partial charge in [0.2, 0.25) is 11.8 Å². The zero-order valence-electron chi connectivity index (χ0n) is 15.9. The second kappa shape index (κ2) is 8.01. The number of benzene rings is 1. The Morgan fingerprint density at radius 3 is 2.44 bits per heavy atom. The zero-order valence-corrected chi connectivity index (χ0v) is 15.9. The molecule has 0 unspecified atom stereocenters. The number of anilines is 1. The van der Waals surface area contributed by atoms with E-state index in [0.29, 0.717) is 0 Å². The van der Waals surface area contributed by atoms with E-state index in [1.54, 1.807) is 0 Å². The van der Waals surface area contributed by atoms with Gasteiger partial charge >= 0.3 is 0 Å². The summed E-state index contributed by atoms with van der Waals surface area (Å²) >= 11 is 0. The summed E-state index contributed by atoms with van der Waals surface area (Å²) < 4.78 is 0. The first-order valence-corrected chi connectivity index (χ1v) is 10.5. The fourth-order valence-electron chi connectivity index (χ4n) is 5.04. The normalized spacial score (nSPS) is 30.6. The van der Waals surface area contributed by atoms with Gasteiger partial charge in [0.05, 0.1) is 12.0 Å². The van der Waals surface area contributed by atoms with Crippen molar-refractivity contribution in [3.8, 4) is 0 Å². The minimum atomic E-state index is -0.225. The van der Waals surface area contributed by atoms with Gasteiger partial charge < -0.3 is 15.3 Å². The molecule has 2 atom stereocenters.